The summed E-state index contributed by atoms with van der Waals surface area (Å²) in [5.41, 5.74) is 0.836. The van der Waals surface area contributed by atoms with Crippen LogP contribution in [0.1, 0.15) is 25.3 Å². The van der Waals surface area contributed by atoms with E-state index in [9.17, 15) is 14.8 Å². The smallest absolute Gasteiger partial charge is 0.277 e. The molecule has 0 aliphatic carbocycles. The van der Waals surface area contributed by atoms with Gasteiger partial charge in [0.2, 0.25) is 5.70 Å². The summed E-state index contributed by atoms with van der Waals surface area (Å²) in [6, 6.07) is 10.3. The van der Waals surface area contributed by atoms with Gasteiger partial charge in [0.05, 0.1) is 0 Å². The number of carbonyl (C=O) groups excluding carboxylic acids is 1. The lowest BCUT2D eigenvalue weighted by molar-refractivity contribution is -0.118. The van der Waals surface area contributed by atoms with E-state index in [1.165, 1.54) is 12.5 Å². The number of nitrogens with zero attached hydrogens (tertiary/aromatic N) is 2. The minimum absolute atomic E-state index is 0.00984. The highest BCUT2D eigenvalue weighted by molar-refractivity contribution is 5.93. The Labute approximate surface area is 129 Å². The first-order valence-electron chi connectivity index (χ1n) is 7.40. The Bertz CT molecular complexity index is 545. The maximum absolute atomic E-state index is 11.8. The molecule has 0 bridgehead atoms. The van der Waals surface area contributed by atoms with Crippen molar-refractivity contribution in [2.24, 2.45) is 5.18 Å². The van der Waals surface area contributed by atoms with E-state index in [0.717, 1.165) is 32.5 Å². The fraction of sp³-hybridized carbons (Fsp3) is 0.438. The van der Waals surface area contributed by atoms with Crippen LogP contribution in [0.3, 0.4) is 0 Å². The number of piperidine rings is 1. The number of allylic oxidation sites excluding steroid dienone is 1. The number of hydrogen-bond acceptors (Lipinski definition) is 5. The number of hydrogen-bond donors (Lipinski definition) is 2. The molecule has 1 aromatic rings. The van der Waals surface area contributed by atoms with E-state index in [1.807, 2.05) is 18.2 Å². The average molecular weight is 303 g/mol. The van der Waals surface area contributed by atoms with E-state index in [2.05, 4.69) is 27.5 Å². The third kappa shape index (κ3) is 4.39. The van der Waals surface area contributed by atoms with Crippen LogP contribution >= 0.6 is 0 Å². The van der Waals surface area contributed by atoms with Crippen molar-refractivity contribution in [1.82, 2.24) is 10.2 Å². The highest BCUT2D eigenvalue weighted by atomic mass is 16.3. The first-order chi connectivity index (χ1) is 10.6. The summed E-state index contributed by atoms with van der Waals surface area (Å²) in [4.78, 5) is 24.7. The molecule has 1 aromatic carbocycles. The van der Waals surface area contributed by atoms with Crippen LogP contribution in [0.2, 0.25) is 0 Å². The highest BCUT2D eigenvalue weighted by Gasteiger charge is 2.23. The molecule has 0 unspecified atom stereocenters. The van der Waals surface area contributed by atoms with E-state index in [0.29, 0.717) is 0 Å². The quantitative estimate of drug-likeness (QED) is 0.497. The maximum Gasteiger partial charge on any atom is 0.277 e. The van der Waals surface area contributed by atoms with Crippen LogP contribution in [0, 0.1) is 4.91 Å². The fourth-order valence-corrected chi connectivity index (χ4v) is 2.60. The van der Waals surface area contributed by atoms with Gasteiger partial charge >= 0.3 is 0 Å². The second-order valence-electron chi connectivity index (χ2n) is 5.53. The number of aliphatic hydroxyl groups excluding tert-OH is 1. The lowest BCUT2D eigenvalue weighted by Gasteiger charge is -2.32. The molecule has 6 nitrogen and oxygen atoms in total. The van der Waals surface area contributed by atoms with Gasteiger partial charge in [0.1, 0.15) is 5.76 Å². The zero-order valence-corrected chi connectivity index (χ0v) is 12.7. The van der Waals surface area contributed by atoms with Gasteiger partial charge in [-0.3, -0.25) is 9.69 Å². The van der Waals surface area contributed by atoms with E-state index >= 15 is 0 Å². The maximum atomic E-state index is 11.8. The largest absolute Gasteiger partial charge is 0.510 e. The van der Waals surface area contributed by atoms with Gasteiger partial charge in [0.25, 0.3) is 5.91 Å². The summed E-state index contributed by atoms with van der Waals surface area (Å²) in [5.74, 6) is -0.953. The number of nitrogens with one attached hydrogen (secondary N) is 1. The second-order valence-corrected chi connectivity index (χ2v) is 5.53. The van der Waals surface area contributed by atoms with Gasteiger partial charge in [0, 0.05) is 25.7 Å². The molecule has 2 rings (SSSR count). The molecule has 2 N–H and O–H groups in total. The van der Waals surface area contributed by atoms with Crippen molar-refractivity contribution in [1.29, 1.82) is 0 Å². The summed E-state index contributed by atoms with van der Waals surface area (Å²) in [5, 5.41) is 14.6. The molecule has 1 fully saturated rings. The van der Waals surface area contributed by atoms with E-state index < -0.39 is 11.6 Å². The highest BCUT2D eigenvalue weighted by Crippen LogP contribution is 2.14. The van der Waals surface area contributed by atoms with Crippen LogP contribution < -0.4 is 5.32 Å². The zero-order chi connectivity index (χ0) is 15.9. The molecule has 0 atom stereocenters. The van der Waals surface area contributed by atoms with Crippen LogP contribution in [0.5, 0.6) is 0 Å². The van der Waals surface area contributed by atoms with Gasteiger partial charge in [-0.2, -0.15) is 0 Å². The fourth-order valence-electron chi connectivity index (χ4n) is 2.60. The predicted octanol–water partition coefficient (Wildman–Crippen LogP) is 2.32. The van der Waals surface area contributed by atoms with Crippen molar-refractivity contribution in [3.05, 3.63) is 52.3 Å². The standard InChI is InChI=1S/C16H21N3O3/c1-12(20)15(18-22)16(21)17-14-7-9-19(10-8-14)11-13-5-3-2-4-6-13/h2-6,14,20H,7-11H2,1H3,(H,17,21)/b15-12+. The van der Waals surface area contributed by atoms with Gasteiger partial charge in [-0.05, 0) is 30.5 Å². The zero-order valence-electron chi connectivity index (χ0n) is 12.7. The minimum Gasteiger partial charge on any atom is -0.510 e. The van der Waals surface area contributed by atoms with Gasteiger partial charge in [-0.25, -0.2) is 0 Å². The van der Waals surface area contributed by atoms with E-state index in [-0.39, 0.29) is 11.8 Å². The number of nitroso groups, excluding NO2 is 1. The van der Waals surface area contributed by atoms with Crippen molar-refractivity contribution in [2.75, 3.05) is 13.1 Å². The summed E-state index contributed by atoms with van der Waals surface area (Å²) in [6.45, 7) is 3.94. The Morgan fingerprint density at radius 2 is 1.95 bits per heavy atom. The van der Waals surface area contributed by atoms with Crippen molar-refractivity contribution < 1.29 is 9.90 Å². The molecular weight excluding hydrogens is 282 g/mol. The van der Waals surface area contributed by atoms with Crippen LogP contribution in [0.15, 0.2) is 47.0 Å². The number of rotatable bonds is 5. The van der Waals surface area contributed by atoms with E-state index in [1.54, 1.807) is 0 Å². The van der Waals surface area contributed by atoms with Crippen LogP contribution in [0.25, 0.3) is 0 Å². The van der Waals surface area contributed by atoms with Crippen molar-refractivity contribution in [3.63, 3.8) is 0 Å². The molecule has 6 heteroatoms. The lowest BCUT2D eigenvalue weighted by Crippen LogP contribution is -2.44. The predicted molar refractivity (Wildman–Crippen MR) is 84.0 cm³/mol. The molecule has 0 spiro atoms. The Balaban J connectivity index is 1.81. The molecule has 0 saturated carbocycles. The molecule has 1 amide bonds. The second kappa shape index (κ2) is 7.70. The van der Waals surface area contributed by atoms with Gasteiger partial charge < -0.3 is 10.4 Å². The first-order valence-corrected chi connectivity index (χ1v) is 7.40. The van der Waals surface area contributed by atoms with Gasteiger partial charge in [-0.15, -0.1) is 4.91 Å². The monoisotopic (exact) mass is 303 g/mol. The molecule has 118 valence electrons. The van der Waals surface area contributed by atoms with Crippen LogP contribution in [0.4, 0.5) is 0 Å². The summed E-state index contributed by atoms with van der Waals surface area (Å²) >= 11 is 0. The molecule has 1 aliphatic rings. The van der Waals surface area contributed by atoms with Crippen molar-refractivity contribution in [3.8, 4) is 0 Å². The Kier molecular flexibility index (Phi) is 5.66. The molecule has 0 aromatic heterocycles. The Morgan fingerprint density at radius 3 is 2.50 bits per heavy atom. The summed E-state index contributed by atoms with van der Waals surface area (Å²) in [6.07, 6.45) is 1.63. The Morgan fingerprint density at radius 1 is 1.32 bits per heavy atom. The number of likely N-dealkylation sites (tertiary alicyclic amines) is 1. The molecular formula is C16H21N3O3. The lowest BCUT2D eigenvalue weighted by atomic mass is 10.0. The van der Waals surface area contributed by atoms with Crippen LogP contribution in [-0.4, -0.2) is 35.0 Å². The molecule has 1 aliphatic heterocycles. The number of carbonyl (C=O) groups is 1. The third-order valence-corrected chi connectivity index (χ3v) is 3.82. The Hall–Kier alpha value is -2.21. The normalized spacial score (nSPS) is 17.7. The minimum atomic E-state index is -0.600. The summed E-state index contributed by atoms with van der Waals surface area (Å²) in [7, 11) is 0. The van der Waals surface area contributed by atoms with Crippen molar-refractivity contribution in [2.45, 2.75) is 32.4 Å². The average Bonchev–Trinajstić information content (AvgIpc) is 2.50. The molecule has 22 heavy (non-hydrogen) atoms. The van der Waals surface area contributed by atoms with Gasteiger partial charge in [0.15, 0.2) is 0 Å². The molecule has 1 saturated heterocycles. The molecule has 0 radical (unpaired) electrons. The van der Waals surface area contributed by atoms with Crippen LogP contribution in [-0.2, 0) is 11.3 Å². The number of benzene rings is 1. The summed E-state index contributed by atoms with van der Waals surface area (Å²) < 4.78 is 0. The van der Waals surface area contributed by atoms with Crippen molar-refractivity contribution >= 4 is 5.91 Å². The number of aliphatic hydroxyl groups is 1. The SMILES string of the molecule is C/C(O)=C(\N=O)C(=O)NC1CCN(Cc2ccccc2)CC1. The topological polar surface area (TPSA) is 82.0 Å². The van der Waals surface area contributed by atoms with E-state index in [4.69, 9.17) is 0 Å². The number of amides is 1. The third-order valence-electron chi connectivity index (χ3n) is 3.82. The first kappa shape index (κ1) is 16.2. The van der Waals surface area contributed by atoms with Gasteiger partial charge in [-0.1, -0.05) is 30.3 Å². The molecule has 1 heterocycles.